The summed E-state index contributed by atoms with van der Waals surface area (Å²) in [5.41, 5.74) is 0.568. The van der Waals surface area contributed by atoms with E-state index in [1.807, 2.05) is 0 Å². The standard InChI is InChI=1S/C8H10ClNO2S/c1-6-7(9)4-3-5-8(6)13(11,12)10-2/h3-5,10H,1-2H3. The fourth-order valence-electron chi connectivity index (χ4n) is 0.989. The molecule has 0 saturated carbocycles. The van der Waals surface area contributed by atoms with Crippen molar-refractivity contribution in [2.24, 2.45) is 0 Å². The molecule has 0 aliphatic rings. The summed E-state index contributed by atoms with van der Waals surface area (Å²) in [7, 11) is -2.02. The van der Waals surface area contributed by atoms with Gasteiger partial charge in [0.1, 0.15) is 0 Å². The van der Waals surface area contributed by atoms with E-state index in [9.17, 15) is 8.42 Å². The summed E-state index contributed by atoms with van der Waals surface area (Å²) < 4.78 is 25.0. The Balaban J connectivity index is 3.40. The number of hydrogen-bond donors (Lipinski definition) is 1. The summed E-state index contributed by atoms with van der Waals surface area (Å²) in [6, 6.07) is 4.79. The number of sulfonamides is 1. The van der Waals surface area contributed by atoms with Crippen LogP contribution < -0.4 is 4.72 Å². The van der Waals surface area contributed by atoms with Crippen LogP contribution in [-0.4, -0.2) is 15.5 Å². The fourth-order valence-corrected chi connectivity index (χ4v) is 2.21. The Kier molecular flexibility index (Phi) is 2.95. The molecule has 1 N–H and O–H groups in total. The van der Waals surface area contributed by atoms with E-state index in [0.29, 0.717) is 10.6 Å². The van der Waals surface area contributed by atoms with Crippen molar-refractivity contribution in [2.75, 3.05) is 7.05 Å². The molecule has 0 radical (unpaired) electrons. The summed E-state index contributed by atoms with van der Waals surface area (Å²) in [6.07, 6.45) is 0. The molecule has 1 rings (SSSR count). The summed E-state index contributed by atoms with van der Waals surface area (Å²) in [5.74, 6) is 0. The van der Waals surface area contributed by atoms with Gasteiger partial charge in [-0.15, -0.1) is 0 Å². The van der Waals surface area contributed by atoms with Gasteiger partial charge in [0, 0.05) is 5.02 Å². The predicted molar refractivity (Wildman–Crippen MR) is 52.4 cm³/mol. The van der Waals surface area contributed by atoms with Crippen LogP contribution in [0.5, 0.6) is 0 Å². The fraction of sp³-hybridized carbons (Fsp3) is 0.250. The van der Waals surface area contributed by atoms with Crippen LogP contribution in [0.4, 0.5) is 0 Å². The topological polar surface area (TPSA) is 46.2 Å². The molecule has 0 fully saturated rings. The van der Waals surface area contributed by atoms with E-state index in [2.05, 4.69) is 4.72 Å². The van der Waals surface area contributed by atoms with Crippen molar-refractivity contribution >= 4 is 21.6 Å². The molecule has 0 aliphatic heterocycles. The van der Waals surface area contributed by atoms with Crippen LogP contribution in [0.15, 0.2) is 23.1 Å². The van der Waals surface area contributed by atoms with Gasteiger partial charge < -0.3 is 0 Å². The highest BCUT2D eigenvalue weighted by Gasteiger charge is 2.15. The smallest absolute Gasteiger partial charge is 0.214 e. The Morgan fingerprint density at radius 3 is 2.54 bits per heavy atom. The van der Waals surface area contributed by atoms with Crippen LogP contribution in [0.3, 0.4) is 0 Å². The largest absolute Gasteiger partial charge is 0.240 e. The third kappa shape index (κ3) is 2.02. The lowest BCUT2D eigenvalue weighted by molar-refractivity contribution is 0.587. The van der Waals surface area contributed by atoms with Crippen molar-refractivity contribution in [3.63, 3.8) is 0 Å². The molecule has 0 aliphatic carbocycles. The van der Waals surface area contributed by atoms with Gasteiger partial charge in [0.15, 0.2) is 0 Å². The summed E-state index contributed by atoms with van der Waals surface area (Å²) >= 11 is 5.78. The van der Waals surface area contributed by atoms with Gasteiger partial charge in [-0.2, -0.15) is 0 Å². The number of nitrogens with one attached hydrogen (secondary N) is 1. The molecule has 0 spiro atoms. The summed E-state index contributed by atoms with van der Waals surface area (Å²) in [4.78, 5) is 0.225. The van der Waals surface area contributed by atoms with Gasteiger partial charge >= 0.3 is 0 Å². The molecule has 0 heterocycles. The van der Waals surface area contributed by atoms with Crippen molar-refractivity contribution in [1.29, 1.82) is 0 Å². The maximum absolute atomic E-state index is 11.4. The first-order chi connectivity index (χ1) is 5.99. The highest BCUT2D eigenvalue weighted by Crippen LogP contribution is 2.21. The van der Waals surface area contributed by atoms with Crippen molar-refractivity contribution in [2.45, 2.75) is 11.8 Å². The molecular formula is C8H10ClNO2S. The first-order valence-electron chi connectivity index (χ1n) is 3.67. The Morgan fingerprint density at radius 1 is 1.38 bits per heavy atom. The van der Waals surface area contributed by atoms with Crippen LogP contribution in [0.25, 0.3) is 0 Å². The first kappa shape index (κ1) is 10.5. The molecule has 0 atom stereocenters. The average molecular weight is 220 g/mol. The van der Waals surface area contributed by atoms with Gasteiger partial charge in [0.25, 0.3) is 0 Å². The van der Waals surface area contributed by atoms with Gasteiger partial charge in [-0.25, -0.2) is 13.1 Å². The lowest BCUT2D eigenvalue weighted by atomic mass is 10.2. The third-order valence-corrected chi connectivity index (χ3v) is 3.74. The molecule has 1 aromatic rings. The van der Waals surface area contributed by atoms with Gasteiger partial charge in [-0.05, 0) is 31.7 Å². The maximum atomic E-state index is 11.4. The molecule has 0 bridgehead atoms. The average Bonchev–Trinajstić information content (AvgIpc) is 2.09. The van der Waals surface area contributed by atoms with E-state index in [0.717, 1.165) is 0 Å². The highest BCUT2D eigenvalue weighted by molar-refractivity contribution is 7.89. The second kappa shape index (κ2) is 3.65. The van der Waals surface area contributed by atoms with Gasteiger partial charge in [-0.3, -0.25) is 0 Å². The summed E-state index contributed by atoms with van der Waals surface area (Å²) in [6.45, 7) is 1.67. The zero-order chi connectivity index (χ0) is 10.1. The Morgan fingerprint density at radius 2 is 2.00 bits per heavy atom. The SMILES string of the molecule is CNS(=O)(=O)c1cccc(Cl)c1C. The first-order valence-corrected chi connectivity index (χ1v) is 5.54. The number of halogens is 1. The minimum atomic E-state index is -3.39. The van der Waals surface area contributed by atoms with E-state index < -0.39 is 10.0 Å². The van der Waals surface area contributed by atoms with Crippen molar-refractivity contribution in [1.82, 2.24) is 4.72 Å². The minimum absolute atomic E-state index is 0.225. The number of benzene rings is 1. The van der Waals surface area contributed by atoms with E-state index in [1.165, 1.54) is 13.1 Å². The number of rotatable bonds is 2. The Labute approximate surface area is 82.8 Å². The monoisotopic (exact) mass is 219 g/mol. The number of hydrogen-bond acceptors (Lipinski definition) is 2. The van der Waals surface area contributed by atoms with Crippen LogP contribution in [0, 0.1) is 6.92 Å². The molecule has 13 heavy (non-hydrogen) atoms. The maximum Gasteiger partial charge on any atom is 0.240 e. The van der Waals surface area contributed by atoms with E-state index in [1.54, 1.807) is 19.1 Å². The minimum Gasteiger partial charge on any atom is -0.214 e. The second-order valence-corrected chi connectivity index (χ2v) is 4.83. The zero-order valence-electron chi connectivity index (χ0n) is 7.33. The van der Waals surface area contributed by atoms with Gasteiger partial charge in [0.2, 0.25) is 10.0 Å². The van der Waals surface area contributed by atoms with Crippen LogP contribution in [0.2, 0.25) is 5.02 Å². The molecule has 0 aromatic heterocycles. The lowest BCUT2D eigenvalue weighted by Crippen LogP contribution is -2.19. The van der Waals surface area contributed by atoms with Gasteiger partial charge in [0.05, 0.1) is 4.90 Å². The predicted octanol–water partition coefficient (Wildman–Crippen LogP) is 1.56. The summed E-state index contributed by atoms with van der Waals surface area (Å²) in [5, 5.41) is 0.455. The lowest BCUT2D eigenvalue weighted by Gasteiger charge is -2.06. The molecular weight excluding hydrogens is 210 g/mol. The van der Waals surface area contributed by atoms with Gasteiger partial charge in [-0.1, -0.05) is 17.7 Å². The van der Waals surface area contributed by atoms with Crippen molar-refractivity contribution in [3.8, 4) is 0 Å². The van der Waals surface area contributed by atoms with E-state index in [4.69, 9.17) is 11.6 Å². The normalized spacial score (nSPS) is 11.6. The van der Waals surface area contributed by atoms with E-state index >= 15 is 0 Å². The highest BCUT2D eigenvalue weighted by atomic mass is 35.5. The van der Waals surface area contributed by atoms with Crippen LogP contribution in [0.1, 0.15) is 5.56 Å². The van der Waals surface area contributed by atoms with Crippen molar-refractivity contribution < 1.29 is 8.42 Å². The quantitative estimate of drug-likeness (QED) is 0.821. The van der Waals surface area contributed by atoms with E-state index in [-0.39, 0.29) is 4.90 Å². The Bertz CT molecular complexity index is 414. The molecule has 0 unspecified atom stereocenters. The molecule has 1 aromatic carbocycles. The van der Waals surface area contributed by atoms with Crippen LogP contribution >= 0.6 is 11.6 Å². The molecule has 0 saturated heterocycles. The molecule has 72 valence electrons. The second-order valence-electron chi connectivity index (χ2n) is 2.57. The Hall–Kier alpha value is -0.580. The molecule has 5 heteroatoms. The van der Waals surface area contributed by atoms with Crippen molar-refractivity contribution in [3.05, 3.63) is 28.8 Å². The molecule has 3 nitrogen and oxygen atoms in total. The molecule has 0 amide bonds. The zero-order valence-corrected chi connectivity index (χ0v) is 8.91. The van der Waals surface area contributed by atoms with Crippen LogP contribution in [-0.2, 0) is 10.0 Å². The third-order valence-electron chi connectivity index (χ3n) is 1.78.